The molecule has 0 saturated carbocycles. The molecule has 0 radical (unpaired) electrons. The standard InChI is InChI=1S/C20H18N4O2S/c1-12(18(25)23-20-22-7-8-27-20)24-11-15-6-5-14(10-17(15)19(24)26)13-3-2-4-16(21)9-13/h2-10,12H,11,21H2,1H3,(H,22,23,25)/t12-/m1/s1. The lowest BCUT2D eigenvalue weighted by Gasteiger charge is -2.22. The first-order valence-corrected chi connectivity index (χ1v) is 9.41. The molecule has 2 aromatic carbocycles. The minimum absolute atomic E-state index is 0.141. The van der Waals surface area contributed by atoms with Gasteiger partial charge < -0.3 is 16.0 Å². The van der Waals surface area contributed by atoms with E-state index in [2.05, 4.69) is 10.3 Å². The van der Waals surface area contributed by atoms with Crippen LogP contribution in [0.4, 0.5) is 10.8 Å². The van der Waals surface area contributed by atoms with E-state index in [4.69, 9.17) is 5.73 Å². The fraction of sp³-hybridized carbons (Fsp3) is 0.150. The van der Waals surface area contributed by atoms with Gasteiger partial charge in [0, 0.05) is 29.4 Å². The van der Waals surface area contributed by atoms with Gasteiger partial charge in [-0.25, -0.2) is 4.98 Å². The van der Waals surface area contributed by atoms with Crippen LogP contribution in [-0.4, -0.2) is 27.7 Å². The number of nitrogen functional groups attached to an aromatic ring is 1. The number of hydrogen-bond donors (Lipinski definition) is 2. The lowest BCUT2D eigenvalue weighted by atomic mass is 10.00. The maximum Gasteiger partial charge on any atom is 0.255 e. The first kappa shape index (κ1) is 17.2. The molecule has 1 aliphatic heterocycles. The molecule has 2 heterocycles. The van der Waals surface area contributed by atoms with Gasteiger partial charge in [0.05, 0.1) is 0 Å². The second-order valence-electron chi connectivity index (χ2n) is 6.43. The summed E-state index contributed by atoms with van der Waals surface area (Å²) in [5.41, 5.74) is 9.97. The number of benzene rings is 2. The second-order valence-corrected chi connectivity index (χ2v) is 7.33. The Balaban J connectivity index is 1.56. The van der Waals surface area contributed by atoms with Gasteiger partial charge in [0.15, 0.2) is 5.13 Å². The minimum Gasteiger partial charge on any atom is -0.399 e. The van der Waals surface area contributed by atoms with Crippen molar-refractivity contribution in [2.75, 3.05) is 11.1 Å². The predicted octanol–water partition coefficient (Wildman–Crippen LogP) is 3.38. The highest BCUT2D eigenvalue weighted by molar-refractivity contribution is 7.13. The molecule has 1 atom stereocenters. The van der Waals surface area contributed by atoms with Gasteiger partial charge in [-0.15, -0.1) is 11.3 Å². The summed E-state index contributed by atoms with van der Waals surface area (Å²) in [6.07, 6.45) is 1.62. The molecule has 0 saturated heterocycles. The second kappa shape index (κ2) is 6.85. The molecule has 1 aromatic heterocycles. The van der Waals surface area contributed by atoms with Gasteiger partial charge in [-0.1, -0.05) is 24.3 Å². The molecule has 0 unspecified atom stereocenters. The van der Waals surface area contributed by atoms with Crippen LogP contribution in [0.2, 0.25) is 0 Å². The molecule has 0 fully saturated rings. The highest BCUT2D eigenvalue weighted by atomic mass is 32.1. The summed E-state index contributed by atoms with van der Waals surface area (Å²) in [6, 6.07) is 12.7. The fourth-order valence-electron chi connectivity index (χ4n) is 3.17. The van der Waals surface area contributed by atoms with E-state index < -0.39 is 6.04 Å². The van der Waals surface area contributed by atoms with Crippen molar-refractivity contribution >= 4 is 34.0 Å². The van der Waals surface area contributed by atoms with E-state index >= 15 is 0 Å². The molecule has 3 N–H and O–H groups in total. The Labute approximate surface area is 160 Å². The number of hydrogen-bond acceptors (Lipinski definition) is 5. The van der Waals surface area contributed by atoms with E-state index in [0.29, 0.717) is 22.9 Å². The van der Waals surface area contributed by atoms with Crippen LogP contribution >= 0.6 is 11.3 Å². The molecule has 6 nitrogen and oxygen atoms in total. The zero-order chi connectivity index (χ0) is 19.0. The Morgan fingerprint density at radius 2 is 2.07 bits per heavy atom. The van der Waals surface area contributed by atoms with Gasteiger partial charge in [0.25, 0.3) is 5.91 Å². The van der Waals surface area contributed by atoms with Gasteiger partial charge >= 0.3 is 0 Å². The number of carbonyl (C=O) groups is 2. The molecule has 27 heavy (non-hydrogen) atoms. The normalized spacial score (nSPS) is 14.1. The first-order valence-electron chi connectivity index (χ1n) is 8.53. The number of thiazole rings is 1. The maximum absolute atomic E-state index is 12.9. The van der Waals surface area contributed by atoms with Crippen molar-refractivity contribution in [3.8, 4) is 11.1 Å². The van der Waals surface area contributed by atoms with Crippen molar-refractivity contribution in [2.24, 2.45) is 0 Å². The molecule has 0 spiro atoms. The number of nitrogens with one attached hydrogen (secondary N) is 1. The average molecular weight is 378 g/mol. The topological polar surface area (TPSA) is 88.3 Å². The van der Waals surface area contributed by atoms with Crippen molar-refractivity contribution in [3.63, 3.8) is 0 Å². The minimum atomic E-state index is -0.593. The molecular weight excluding hydrogens is 360 g/mol. The summed E-state index contributed by atoms with van der Waals surface area (Å²) in [6.45, 7) is 2.14. The lowest BCUT2D eigenvalue weighted by Crippen LogP contribution is -2.42. The van der Waals surface area contributed by atoms with Gasteiger partial charge in [-0.2, -0.15) is 0 Å². The summed E-state index contributed by atoms with van der Waals surface area (Å²) in [4.78, 5) is 31.0. The van der Waals surface area contributed by atoms with Crippen LogP contribution in [-0.2, 0) is 11.3 Å². The summed E-state index contributed by atoms with van der Waals surface area (Å²) >= 11 is 1.34. The Kier molecular flexibility index (Phi) is 4.37. The highest BCUT2D eigenvalue weighted by Gasteiger charge is 2.34. The van der Waals surface area contributed by atoms with Crippen molar-refractivity contribution < 1.29 is 9.59 Å². The lowest BCUT2D eigenvalue weighted by molar-refractivity contribution is -0.120. The van der Waals surface area contributed by atoms with Gasteiger partial charge in [0.1, 0.15) is 6.04 Å². The Hall–Kier alpha value is -3.19. The van der Waals surface area contributed by atoms with Crippen LogP contribution in [0.25, 0.3) is 11.1 Å². The molecule has 3 aromatic rings. The highest BCUT2D eigenvalue weighted by Crippen LogP contribution is 2.30. The van der Waals surface area contributed by atoms with Crippen LogP contribution in [0.5, 0.6) is 0 Å². The quantitative estimate of drug-likeness (QED) is 0.681. The van der Waals surface area contributed by atoms with Crippen LogP contribution in [0, 0.1) is 0 Å². The summed E-state index contributed by atoms with van der Waals surface area (Å²) in [5.74, 6) is -0.389. The maximum atomic E-state index is 12.9. The van der Waals surface area contributed by atoms with Crippen LogP contribution in [0.15, 0.2) is 54.0 Å². The zero-order valence-corrected chi connectivity index (χ0v) is 15.5. The van der Waals surface area contributed by atoms with Crippen LogP contribution in [0.1, 0.15) is 22.8 Å². The molecule has 136 valence electrons. The largest absolute Gasteiger partial charge is 0.399 e. The number of nitrogens with zero attached hydrogens (tertiary/aromatic N) is 2. The van der Waals surface area contributed by atoms with E-state index in [0.717, 1.165) is 16.7 Å². The van der Waals surface area contributed by atoms with E-state index in [1.54, 1.807) is 23.4 Å². The number of rotatable bonds is 4. The summed E-state index contributed by atoms with van der Waals surface area (Å²) in [5, 5.41) is 5.06. The molecule has 1 aliphatic rings. The third-order valence-electron chi connectivity index (χ3n) is 4.67. The van der Waals surface area contributed by atoms with Crippen molar-refractivity contribution in [2.45, 2.75) is 19.5 Å². The van der Waals surface area contributed by atoms with Crippen LogP contribution in [0.3, 0.4) is 0 Å². The third kappa shape index (κ3) is 3.29. The van der Waals surface area contributed by atoms with Crippen molar-refractivity contribution in [1.82, 2.24) is 9.88 Å². The molecule has 4 rings (SSSR count). The van der Waals surface area contributed by atoms with Gasteiger partial charge in [0.2, 0.25) is 5.91 Å². The average Bonchev–Trinajstić information content (AvgIpc) is 3.29. The van der Waals surface area contributed by atoms with Crippen LogP contribution < -0.4 is 11.1 Å². The summed E-state index contributed by atoms with van der Waals surface area (Å²) in [7, 11) is 0. The fourth-order valence-corrected chi connectivity index (χ4v) is 3.70. The molecule has 2 amide bonds. The predicted molar refractivity (Wildman–Crippen MR) is 106 cm³/mol. The molecule has 7 heteroatoms. The zero-order valence-electron chi connectivity index (χ0n) is 14.7. The van der Waals surface area contributed by atoms with Crippen molar-refractivity contribution in [3.05, 3.63) is 65.2 Å². The molecule has 0 aliphatic carbocycles. The van der Waals surface area contributed by atoms with E-state index in [1.807, 2.05) is 42.5 Å². The molecular formula is C20H18N4O2S. The Morgan fingerprint density at radius 1 is 1.26 bits per heavy atom. The summed E-state index contributed by atoms with van der Waals surface area (Å²) < 4.78 is 0. The number of fused-ring (bicyclic) bond motifs is 1. The number of carbonyl (C=O) groups excluding carboxylic acids is 2. The number of nitrogens with two attached hydrogens (primary N) is 1. The smallest absolute Gasteiger partial charge is 0.255 e. The van der Waals surface area contributed by atoms with Crippen molar-refractivity contribution in [1.29, 1.82) is 0 Å². The van der Waals surface area contributed by atoms with E-state index in [-0.39, 0.29) is 11.8 Å². The monoisotopic (exact) mass is 378 g/mol. The third-order valence-corrected chi connectivity index (χ3v) is 5.36. The Morgan fingerprint density at radius 3 is 2.81 bits per heavy atom. The van der Waals surface area contributed by atoms with Gasteiger partial charge in [-0.05, 0) is 41.8 Å². The number of aromatic nitrogens is 1. The van der Waals surface area contributed by atoms with E-state index in [9.17, 15) is 9.59 Å². The number of amides is 2. The van der Waals surface area contributed by atoms with Gasteiger partial charge in [-0.3, -0.25) is 9.59 Å². The first-order chi connectivity index (χ1) is 13.0. The van der Waals surface area contributed by atoms with E-state index in [1.165, 1.54) is 11.3 Å². The Bertz CT molecular complexity index is 1020. The SMILES string of the molecule is C[C@H](C(=O)Nc1nccs1)N1Cc2ccc(-c3cccc(N)c3)cc2C1=O. The number of anilines is 2. The molecule has 0 bridgehead atoms.